The molecule has 0 atom stereocenters. The lowest BCUT2D eigenvalue weighted by molar-refractivity contribution is 0.543. The summed E-state index contributed by atoms with van der Waals surface area (Å²) < 4.78 is 5.84. The third kappa shape index (κ3) is 2.79. The van der Waals surface area contributed by atoms with Crippen molar-refractivity contribution in [1.29, 1.82) is 0 Å². The van der Waals surface area contributed by atoms with Gasteiger partial charge in [0.25, 0.3) is 0 Å². The Morgan fingerprint density at radius 2 is 1.82 bits per heavy atom. The molecule has 0 N–H and O–H groups in total. The normalized spacial score (nSPS) is 11.0. The standard InChI is InChI=1S/C17H20N4O/c1-4-14-15(5-2)19-20-17(18-14)21(3)11-13-10-12-8-6-7-9-16(12)22-13/h6-10H,4-5,11H2,1-3H3. The van der Waals surface area contributed by atoms with E-state index in [9.17, 15) is 0 Å². The molecule has 0 fully saturated rings. The summed E-state index contributed by atoms with van der Waals surface area (Å²) in [5.74, 6) is 1.53. The average Bonchev–Trinajstić information content (AvgIpc) is 2.96. The van der Waals surface area contributed by atoms with Gasteiger partial charge in [0.2, 0.25) is 5.95 Å². The molecule has 22 heavy (non-hydrogen) atoms. The molecular formula is C17H20N4O. The van der Waals surface area contributed by atoms with Crippen LogP contribution in [0.15, 0.2) is 34.7 Å². The first kappa shape index (κ1) is 14.5. The fourth-order valence-corrected chi connectivity index (χ4v) is 2.51. The second-order valence-electron chi connectivity index (χ2n) is 5.32. The van der Waals surface area contributed by atoms with Crippen molar-refractivity contribution in [2.24, 2.45) is 0 Å². The second kappa shape index (κ2) is 6.13. The van der Waals surface area contributed by atoms with E-state index in [1.807, 2.05) is 36.2 Å². The highest BCUT2D eigenvalue weighted by atomic mass is 16.3. The average molecular weight is 296 g/mol. The number of fused-ring (bicyclic) bond motifs is 1. The number of rotatable bonds is 5. The monoisotopic (exact) mass is 296 g/mol. The van der Waals surface area contributed by atoms with Crippen LogP contribution in [0.3, 0.4) is 0 Å². The number of nitrogens with zero attached hydrogens (tertiary/aromatic N) is 4. The Balaban J connectivity index is 1.83. The minimum absolute atomic E-state index is 0.616. The molecule has 3 aromatic rings. The molecule has 0 saturated carbocycles. The highest BCUT2D eigenvalue weighted by Gasteiger charge is 2.12. The Morgan fingerprint density at radius 1 is 1.05 bits per heavy atom. The van der Waals surface area contributed by atoms with Crippen LogP contribution in [-0.4, -0.2) is 22.2 Å². The number of hydrogen-bond donors (Lipinski definition) is 0. The van der Waals surface area contributed by atoms with Crippen molar-refractivity contribution < 1.29 is 4.42 Å². The molecule has 114 valence electrons. The van der Waals surface area contributed by atoms with Crippen LogP contribution in [0.5, 0.6) is 0 Å². The molecule has 1 aromatic carbocycles. The number of anilines is 1. The van der Waals surface area contributed by atoms with Crippen molar-refractivity contribution >= 4 is 16.9 Å². The van der Waals surface area contributed by atoms with Crippen molar-refractivity contribution in [3.63, 3.8) is 0 Å². The molecule has 0 amide bonds. The van der Waals surface area contributed by atoms with Crippen LogP contribution in [0.1, 0.15) is 31.0 Å². The van der Waals surface area contributed by atoms with Gasteiger partial charge in [0, 0.05) is 12.4 Å². The van der Waals surface area contributed by atoms with Gasteiger partial charge >= 0.3 is 0 Å². The van der Waals surface area contributed by atoms with Gasteiger partial charge in [-0.05, 0) is 25.0 Å². The fourth-order valence-electron chi connectivity index (χ4n) is 2.51. The molecule has 2 aromatic heterocycles. The van der Waals surface area contributed by atoms with Crippen LogP contribution in [0.4, 0.5) is 5.95 Å². The van der Waals surface area contributed by atoms with E-state index in [1.165, 1.54) is 0 Å². The number of para-hydroxylation sites is 1. The zero-order chi connectivity index (χ0) is 15.5. The molecule has 0 unspecified atom stereocenters. The molecule has 0 radical (unpaired) electrons. The second-order valence-corrected chi connectivity index (χ2v) is 5.32. The zero-order valence-electron chi connectivity index (χ0n) is 13.2. The molecule has 0 aliphatic heterocycles. The molecule has 0 spiro atoms. The molecule has 0 aliphatic carbocycles. The lowest BCUT2D eigenvalue weighted by atomic mass is 10.2. The van der Waals surface area contributed by atoms with E-state index in [2.05, 4.69) is 35.1 Å². The van der Waals surface area contributed by atoms with Crippen LogP contribution in [-0.2, 0) is 19.4 Å². The summed E-state index contributed by atoms with van der Waals surface area (Å²) in [5, 5.41) is 9.63. The van der Waals surface area contributed by atoms with Gasteiger partial charge in [-0.15, -0.1) is 5.10 Å². The number of benzene rings is 1. The minimum Gasteiger partial charge on any atom is -0.459 e. The van der Waals surface area contributed by atoms with Gasteiger partial charge in [-0.1, -0.05) is 32.0 Å². The van der Waals surface area contributed by atoms with Crippen molar-refractivity contribution in [2.75, 3.05) is 11.9 Å². The van der Waals surface area contributed by atoms with Crippen molar-refractivity contribution in [3.05, 3.63) is 47.5 Å². The van der Waals surface area contributed by atoms with E-state index < -0.39 is 0 Å². The van der Waals surface area contributed by atoms with Crippen molar-refractivity contribution in [3.8, 4) is 0 Å². The summed E-state index contributed by atoms with van der Waals surface area (Å²) in [5.41, 5.74) is 2.90. The van der Waals surface area contributed by atoms with Crippen LogP contribution in [0.2, 0.25) is 0 Å². The minimum atomic E-state index is 0.616. The van der Waals surface area contributed by atoms with E-state index in [1.54, 1.807) is 0 Å². The first-order chi connectivity index (χ1) is 10.7. The van der Waals surface area contributed by atoms with Gasteiger partial charge in [-0.25, -0.2) is 4.98 Å². The van der Waals surface area contributed by atoms with Crippen LogP contribution in [0.25, 0.3) is 11.0 Å². The number of furan rings is 1. The summed E-state index contributed by atoms with van der Waals surface area (Å²) in [6.07, 6.45) is 1.72. The summed E-state index contributed by atoms with van der Waals surface area (Å²) in [6, 6.07) is 10.1. The quantitative estimate of drug-likeness (QED) is 0.722. The maximum absolute atomic E-state index is 5.84. The topological polar surface area (TPSA) is 55.1 Å². The molecule has 0 bridgehead atoms. The fraction of sp³-hybridized carbons (Fsp3) is 0.353. The molecule has 0 saturated heterocycles. The predicted octanol–water partition coefficient (Wildman–Crippen LogP) is 3.38. The highest BCUT2D eigenvalue weighted by molar-refractivity contribution is 5.77. The van der Waals surface area contributed by atoms with E-state index in [-0.39, 0.29) is 0 Å². The lowest BCUT2D eigenvalue weighted by Crippen LogP contribution is -2.20. The van der Waals surface area contributed by atoms with Crippen LogP contribution < -0.4 is 4.90 Å². The van der Waals surface area contributed by atoms with E-state index in [0.29, 0.717) is 12.5 Å². The Labute approximate surface area is 130 Å². The summed E-state index contributed by atoms with van der Waals surface area (Å²) in [4.78, 5) is 6.58. The van der Waals surface area contributed by atoms with E-state index in [0.717, 1.165) is 41.0 Å². The molecule has 3 rings (SSSR count). The Kier molecular flexibility index (Phi) is 4.04. The first-order valence-electron chi connectivity index (χ1n) is 7.62. The smallest absolute Gasteiger partial charge is 0.245 e. The Hall–Kier alpha value is -2.43. The third-order valence-corrected chi connectivity index (χ3v) is 3.71. The van der Waals surface area contributed by atoms with Crippen LogP contribution in [0, 0.1) is 0 Å². The van der Waals surface area contributed by atoms with Gasteiger partial charge in [0.1, 0.15) is 11.3 Å². The zero-order valence-corrected chi connectivity index (χ0v) is 13.2. The molecular weight excluding hydrogens is 276 g/mol. The lowest BCUT2D eigenvalue weighted by Gasteiger charge is -2.16. The first-order valence-corrected chi connectivity index (χ1v) is 7.62. The van der Waals surface area contributed by atoms with Gasteiger partial charge in [0.15, 0.2) is 0 Å². The van der Waals surface area contributed by atoms with Gasteiger partial charge in [-0.3, -0.25) is 0 Å². The SMILES string of the molecule is CCc1nnc(N(C)Cc2cc3ccccc3o2)nc1CC. The number of aryl methyl sites for hydroxylation is 2. The molecule has 2 heterocycles. The highest BCUT2D eigenvalue weighted by Crippen LogP contribution is 2.21. The number of hydrogen-bond acceptors (Lipinski definition) is 5. The summed E-state index contributed by atoms with van der Waals surface area (Å²) >= 11 is 0. The Bertz CT molecular complexity index is 748. The molecule has 5 nitrogen and oxygen atoms in total. The number of aromatic nitrogens is 3. The van der Waals surface area contributed by atoms with Crippen molar-refractivity contribution in [1.82, 2.24) is 15.2 Å². The maximum atomic E-state index is 5.84. The summed E-state index contributed by atoms with van der Waals surface area (Å²) in [6.45, 7) is 4.78. The third-order valence-electron chi connectivity index (χ3n) is 3.71. The molecule has 5 heteroatoms. The van der Waals surface area contributed by atoms with Gasteiger partial charge in [-0.2, -0.15) is 5.10 Å². The Morgan fingerprint density at radius 3 is 2.55 bits per heavy atom. The van der Waals surface area contributed by atoms with E-state index >= 15 is 0 Å². The maximum Gasteiger partial charge on any atom is 0.245 e. The van der Waals surface area contributed by atoms with Crippen molar-refractivity contribution in [2.45, 2.75) is 33.2 Å². The van der Waals surface area contributed by atoms with Gasteiger partial charge < -0.3 is 9.32 Å². The van der Waals surface area contributed by atoms with E-state index in [4.69, 9.17) is 4.42 Å². The summed E-state index contributed by atoms with van der Waals surface area (Å²) in [7, 11) is 1.95. The largest absolute Gasteiger partial charge is 0.459 e. The van der Waals surface area contributed by atoms with Gasteiger partial charge in [0.05, 0.1) is 17.9 Å². The van der Waals surface area contributed by atoms with Crippen LogP contribution >= 0.6 is 0 Å². The molecule has 0 aliphatic rings. The predicted molar refractivity (Wildman–Crippen MR) is 86.9 cm³/mol.